The van der Waals surface area contributed by atoms with Gasteiger partial charge in [0.15, 0.2) is 0 Å². The highest BCUT2D eigenvalue weighted by atomic mass is 16.5. The second kappa shape index (κ2) is 6.49. The lowest BCUT2D eigenvalue weighted by Gasteiger charge is -2.47. The average Bonchev–Trinajstić information content (AvgIpc) is 2.85. The molecule has 0 aromatic carbocycles. The normalized spacial score (nSPS) is 22.1. The molecule has 0 saturated heterocycles. The van der Waals surface area contributed by atoms with Crippen molar-refractivity contribution in [3.8, 4) is 0 Å². The van der Waals surface area contributed by atoms with Gasteiger partial charge >= 0.3 is 0 Å². The van der Waals surface area contributed by atoms with Crippen LogP contribution < -0.4 is 5.32 Å². The molecule has 1 aliphatic rings. The van der Waals surface area contributed by atoms with E-state index < -0.39 is 0 Å². The van der Waals surface area contributed by atoms with Gasteiger partial charge in [0.05, 0.1) is 11.6 Å². The van der Waals surface area contributed by atoms with Crippen LogP contribution >= 0.6 is 0 Å². The van der Waals surface area contributed by atoms with Crippen LogP contribution in [0.1, 0.15) is 65.2 Å². The Hall–Kier alpha value is -0.870. The molecule has 1 heterocycles. The Kier molecular flexibility index (Phi) is 5.10. The topological polar surface area (TPSA) is 39.1 Å². The SMILES string of the molecule is CCNC(c1nccn1C)C1(OCC)CCC(C)(C)CC1. The monoisotopic (exact) mass is 293 g/mol. The second-order valence-electron chi connectivity index (χ2n) is 7.05. The largest absolute Gasteiger partial charge is 0.373 e. The Morgan fingerprint density at radius 3 is 2.43 bits per heavy atom. The van der Waals surface area contributed by atoms with Gasteiger partial charge in [-0.2, -0.15) is 0 Å². The van der Waals surface area contributed by atoms with Gasteiger partial charge in [-0.1, -0.05) is 20.8 Å². The third kappa shape index (κ3) is 3.49. The highest BCUT2D eigenvalue weighted by molar-refractivity contribution is 5.10. The summed E-state index contributed by atoms with van der Waals surface area (Å²) in [5.41, 5.74) is 0.304. The minimum atomic E-state index is -0.126. The highest BCUT2D eigenvalue weighted by Crippen LogP contribution is 2.47. The Bertz CT molecular complexity index is 443. The van der Waals surface area contributed by atoms with E-state index in [1.807, 2.05) is 12.4 Å². The zero-order valence-corrected chi connectivity index (χ0v) is 14.3. The standard InChI is InChI=1S/C17H31N3O/c1-6-18-14(15-19-12-13-20(15)5)17(21-7-2)10-8-16(3,4)9-11-17/h12-14,18H,6-11H2,1-5H3. The molecule has 1 aromatic rings. The van der Waals surface area contributed by atoms with E-state index in [4.69, 9.17) is 4.74 Å². The molecule has 0 bridgehead atoms. The molecule has 2 rings (SSSR count). The molecular weight excluding hydrogens is 262 g/mol. The summed E-state index contributed by atoms with van der Waals surface area (Å²) in [7, 11) is 2.07. The smallest absolute Gasteiger partial charge is 0.128 e. The van der Waals surface area contributed by atoms with Crippen LogP contribution in [0.3, 0.4) is 0 Å². The van der Waals surface area contributed by atoms with Gasteiger partial charge < -0.3 is 14.6 Å². The van der Waals surface area contributed by atoms with Crippen molar-refractivity contribution in [1.29, 1.82) is 0 Å². The van der Waals surface area contributed by atoms with Crippen LogP contribution in [0, 0.1) is 5.41 Å². The van der Waals surface area contributed by atoms with Crippen molar-refractivity contribution in [3.63, 3.8) is 0 Å². The van der Waals surface area contributed by atoms with Crippen molar-refractivity contribution in [2.75, 3.05) is 13.2 Å². The van der Waals surface area contributed by atoms with Crippen LogP contribution in [0.25, 0.3) is 0 Å². The highest BCUT2D eigenvalue weighted by Gasteiger charge is 2.46. The first-order chi connectivity index (χ1) is 9.94. The second-order valence-corrected chi connectivity index (χ2v) is 7.05. The predicted molar refractivity (Wildman–Crippen MR) is 86.2 cm³/mol. The Morgan fingerprint density at radius 2 is 1.95 bits per heavy atom. The summed E-state index contributed by atoms with van der Waals surface area (Å²) in [6.45, 7) is 10.7. The van der Waals surface area contributed by atoms with Crippen LogP contribution in [0.2, 0.25) is 0 Å². The first-order valence-electron chi connectivity index (χ1n) is 8.28. The molecule has 1 aliphatic carbocycles. The summed E-state index contributed by atoms with van der Waals surface area (Å²) in [5, 5.41) is 3.64. The lowest BCUT2D eigenvalue weighted by molar-refractivity contribution is -0.109. The molecule has 1 aromatic heterocycles. The van der Waals surface area contributed by atoms with Gasteiger partial charge in [0.25, 0.3) is 0 Å². The number of likely N-dealkylation sites (N-methyl/N-ethyl adjacent to an activating group) is 1. The van der Waals surface area contributed by atoms with E-state index in [0.717, 1.165) is 31.8 Å². The van der Waals surface area contributed by atoms with Crippen molar-refractivity contribution in [3.05, 3.63) is 18.2 Å². The van der Waals surface area contributed by atoms with E-state index in [1.54, 1.807) is 0 Å². The summed E-state index contributed by atoms with van der Waals surface area (Å²) in [6.07, 6.45) is 8.51. The lowest BCUT2D eigenvalue weighted by atomic mass is 9.68. The first kappa shape index (κ1) is 16.5. The van der Waals surface area contributed by atoms with Crippen LogP contribution in [0.4, 0.5) is 0 Å². The first-order valence-corrected chi connectivity index (χ1v) is 8.28. The third-order valence-corrected chi connectivity index (χ3v) is 4.93. The quantitative estimate of drug-likeness (QED) is 0.873. The zero-order valence-electron chi connectivity index (χ0n) is 14.3. The van der Waals surface area contributed by atoms with Crippen molar-refractivity contribution in [2.24, 2.45) is 12.5 Å². The van der Waals surface area contributed by atoms with Crippen LogP contribution in [0.15, 0.2) is 12.4 Å². The van der Waals surface area contributed by atoms with E-state index in [-0.39, 0.29) is 11.6 Å². The molecule has 1 atom stereocenters. The molecule has 120 valence electrons. The number of ether oxygens (including phenoxy) is 1. The van der Waals surface area contributed by atoms with Crippen LogP contribution in [0.5, 0.6) is 0 Å². The Morgan fingerprint density at radius 1 is 1.29 bits per heavy atom. The summed E-state index contributed by atoms with van der Waals surface area (Å²) in [6, 6.07) is 0.165. The number of hydrogen-bond donors (Lipinski definition) is 1. The minimum absolute atomic E-state index is 0.126. The number of aryl methyl sites for hydroxylation is 1. The molecule has 1 N–H and O–H groups in total. The maximum Gasteiger partial charge on any atom is 0.128 e. The molecule has 1 unspecified atom stereocenters. The van der Waals surface area contributed by atoms with Crippen LogP contribution in [-0.4, -0.2) is 28.3 Å². The van der Waals surface area contributed by atoms with E-state index >= 15 is 0 Å². The summed E-state index contributed by atoms with van der Waals surface area (Å²) in [5.74, 6) is 1.09. The molecule has 1 saturated carbocycles. The molecule has 0 amide bonds. The Balaban J connectivity index is 2.31. The van der Waals surface area contributed by atoms with Gasteiger partial charge in [-0.05, 0) is 44.6 Å². The lowest BCUT2D eigenvalue weighted by Crippen LogP contribution is -2.50. The van der Waals surface area contributed by atoms with E-state index in [0.29, 0.717) is 5.41 Å². The summed E-state index contributed by atoms with van der Waals surface area (Å²) in [4.78, 5) is 4.59. The maximum atomic E-state index is 6.34. The molecule has 4 nitrogen and oxygen atoms in total. The molecule has 21 heavy (non-hydrogen) atoms. The fourth-order valence-corrected chi connectivity index (χ4v) is 3.53. The fourth-order valence-electron chi connectivity index (χ4n) is 3.53. The van der Waals surface area contributed by atoms with Crippen molar-refractivity contribution in [1.82, 2.24) is 14.9 Å². The molecule has 1 fully saturated rings. The van der Waals surface area contributed by atoms with Crippen molar-refractivity contribution in [2.45, 2.75) is 65.0 Å². The number of rotatable bonds is 6. The third-order valence-electron chi connectivity index (χ3n) is 4.93. The van der Waals surface area contributed by atoms with Gasteiger partial charge in [0.2, 0.25) is 0 Å². The van der Waals surface area contributed by atoms with Gasteiger partial charge in [-0.3, -0.25) is 0 Å². The fraction of sp³-hybridized carbons (Fsp3) is 0.824. The van der Waals surface area contributed by atoms with E-state index in [1.165, 1.54) is 12.8 Å². The molecule has 4 heteroatoms. The van der Waals surface area contributed by atoms with Gasteiger partial charge in [-0.15, -0.1) is 0 Å². The van der Waals surface area contributed by atoms with Gasteiger partial charge in [-0.25, -0.2) is 4.98 Å². The zero-order chi connectivity index (χ0) is 15.5. The Labute approximate surface area is 129 Å². The number of aromatic nitrogens is 2. The van der Waals surface area contributed by atoms with Gasteiger partial charge in [0, 0.05) is 26.0 Å². The summed E-state index contributed by atoms with van der Waals surface area (Å²) >= 11 is 0. The van der Waals surface area contributed by atoms with E-state index in [9.17, 15) is 0 Å². The predicted octanol–water partition coefficient (Wildman–Crippen LogP) is 3.45. The molecule has 0 radical (unpaired) electrons. The number of nitrogens with one attached hydrogen (secondary N) is 1. The molecule has 0 spiro atoms. The van der Waals surface area contributed by atoms with Crippen LogP contribution in [-0.2, 0) is 11.8 Å². The summed E-state index contributed by atoms with van der Waals surface area (Å²) < 4.78 is 8.46. The molecule has 0 aliphatic heterocycles. The number of hydrogen-bond acceptors (Lipinski definition) is 3. The minimum Gasteiger partial charge on any atom is -0.373 e. The van der Waals surface area contributed by atoms with Gasteiger partial charge in [0.1, 0.15) is 5.82 Å². The van der Waals surface area contributed by atoms with Crippen molar-refractivity contribution >= 4 is 0 Å². The average molecular weight is 293 g/mol. The molecular formula is C17H31N3O. The maximum absolute atomic E-state index is 6.34. The van der Waals surface area contributed by atoms with E-state index in [2.05, 4.69) is 49.6 Å². The number of nitrogens with zero attached hydrogens (tertiary/aromatic N) is 2. The number of imidazole rings is 1. The van der Waals surface area contributed by atoms with Crippen molar-refractivity contribution < 1.29 is 4.74 Å².